The number of hydrogen-bond donors (Lipinski definition) is 0. The smallest absolute Gasteiger partial charge is 0.349 e. The number of esters is 1. The summed E-state index contributed by atoms with van der Waals surface area (Å²) < 4.78 is 5.25. The molecule has 1 aromatic heterocycles. The number of ether oxygens (including phenoxy) is 1. The molecule has 0 radical (unpaired) electrons. The van der Waals surface area contributed by atoms with Crippen LogP contribution in [0.3, 0.4) is 0 Å². The first kappa shape index (κ1) is 13.1. The Bertz CT molecular complexity index is 585. The lowest BCUT2D eigenvalue weighted by atomic mass is 10.1. The molecule has 3 rings (SSSR count). The Morgan fingerprint density at radius 1 is 1.55 bits per heavy atom. The predicted molar refractivity (Wildman–Crippen MR) is 72.2 cm³/mol. The fourth-order valence-electron chi connectivity index (χ4n) is 2.47. The van der Waals surface area contributed by atoms with E-state index in [0.717, 1.165) is 12.8 Å². The van der Waals surface area contributed by atoms with Crippen LogP contribution in [0.1, 0.15) is 34.5 Å². The minimum absolute atomic E-state index is 0.0811. The number of amides is 1. The Morgan fingerprint density at radius 2 is 2.35 bits per heavy atom. The molecule has 1 aromatic rings. The number of nitrogens with zero attached hydrogens (tertiary/aromatic N) is 2. The van der Waals surface area contributed by atoms with Crippen molar-refractivity contribution in [3.8, 4) is 6.07 Å². The van der Waals surface area contributed by atoms with Crippen LogP contribution in [0, 0.1) is 17.2 Å². The molecule has 1 saturated heterocycles. The third-order valence-corrected chi connectivity index (χ3v) is 4.54. The molecule has 1 unspecified atom stereocenters. The predicted octanol–water partition coefficient (Wildman–Crippen LogP) is 1.79. The van der Waals surface area contributed by atoms with Crippen LogP contribution < -0.4 is 0 Å². The van der Waals surface area contributed by atoms with Crippen LogP contribution in [0.5, 0.6) is 0 Å². The van der Waals surface area contributed by atoms with Crippen LogP contribution >= 0.6 is 11.3 Å². The van der Waals surface area contributed by atoms with Gasteiger partial charge in [-0.15, -0.1) is 11.3 Å². The van der Waals surface area contributed by atoms with Gasteiger partial charge in [0.1, 0.15) is 10.9 Å². The molecule has 2 aliphatic rings. The largest absolute Gasteiger partial charge is 0.461 e. The maximum Gasteiger partial charge on any atom is 0.349 e. The molecule has 0 bridgehead atoms. The van der Waals surface area contributed by atoms with E-state index in [1.807, 2.05) is 11.0 Å². The summed E-state index contributed by atoms with van der Waals surface area (Å²) in [6, 6.07) is 4.00. The van der Waals surface area contributed by atoms with Crippen molar-refractivity contribution >= 4 is 23.2 Å². The van der Waals surface area contributed by atoms with Crippen molar-refractivity contribution in [3.63, 3.8) is 0 Å². The number of likely N-dealkylation sites (tertiary alicyclic amines) is 1. The van der Waals surface area contributed by atoms with E-state index in [9.17, 15) is 9.59 Å². The second-order valence-electron chi connectivity index (χ2n) is 5.22. The van der Waals surface area contributed by atoms with Gasteiger partial charge in [0.25, 0.3) is 0 Å². The summed E-state index contributed by atoms with van der Waals surface area (Å²) in [5.74, 6) is -0.214. The lowest BCUT2D eigenvalue weighted by Crippen LogP contribution is -2.27. The number of rotatable bonds is 4. The number of thiophene rings is 1. The highest BCUT2D eigenvalue weighted by Gasteiger charge is 2.39. The van der Waals surface area contributed by atoms with Crippen molar-refractivity contribution in [2.45, 2.75) is 25.3 Å². The van der Waals surface area contributed by atoms with E-state index in [1.165, 1.54) is 11.3 Å². The van der Waals surface area contributed by atoms with Gasteiger partial charge >= 0.3 is 5.97 Å². The Kier molecular flexibility index (Phi) is 3.45. The molecule has 0 N–H and O–H groups in total. The van der Waals surface area contributed by atoms with Crippen molar-refractivity contribution in [2.75, 3.05) is 13.2 Å². The molecule has 0 spiro atoms. The van der Waals surface area contributed by atoms with E-state index in [-0.39, 0.29) is 18.4 Å². The van der Waals surface area contributed by atoms with Gasteiger partial charge < -0.3 is 9.64 Å². The number of carbonyl (C=O) groups is 2. The zero-order valence-corrected chi connectivity index (χ0v) is 11.7. The zero-order valence-electron chi connectivity index (χ0n) is 10.9. The van der Waals surface area contributed by atoms with Crippen LogP contribution in [0.2, 0.25) is 0 Å². The molecule has 2 fully saturated rings. The quantitative estimate of drug-likeness (QED) is 0.793. The van der Waals surface area contributed by atoms with Crippen molar-refractivity contribution in [1.82, 2.24) is 4.90 Å². The van der Waals surface area contributed by atoms with E-state index < -0.39 is 5.97 Å². The van der Waals surface area contributed by atoms with E-state index in [0.29, 0.717) is 29.4 Å². The fourth-order valence-corrected chi connectivity index (χ4v) is 3.21. The minimum atomic E-state index is -0.464. The minimum Gasteiger partial charge on any atom is -0.461 e. The highest BCUT2D eigenvalue weighted by atomic mass is 32.1. The summed E-state index contributed by atoms with van der Waals surface area (Å²) in [5, 5.41) is 10.6. The summed E-state index contributed by atoms with van der Waals surface area (Å²) in [5.41, 5.74) is 0.349. The standard InChI is InChI=1S/C14H14N2O3S/c15-6-10-3-4-20-13(10)14(18)19-8-9-5-12(17)16(7-9)11-1-2-11/h3-4,9,11H,1-2,5,7-8H2. The summed E-state index contributed by atoms with van der Waals surface area (Å²) in [6.07, 6.45) is 2.65. The third kappa shape index (κ3) is 2.54. The zero-order chi connectivity index (χ0) is 14.1. The van der Waals surface area contributed by atoms with E-state index in [1.54, 1.807) is 11.4 Å². The van der Waals surface area contributed by atoms with Crippen LogP contribution in [-0.2, 0) is 9.53 Å². The second kappa shape index (κ2) is 5.25. The fraction of sp³-hybridized carbons (Fsp3) is 0.500. The van der Waals surface area contributed by atoms with Crippen molar-refractivity contribution < 1.29 is 14.3 Å². The molecule has 1 saturated carbocycles. The van der Waals surface area contributed by atoms with Crippen LogP contribution in [-0.4, -0.2) is 36.0 Å². The van der Waals surface area contributed by atoms with Gasteiger partial charge in [0.2, 0.25) is 5.91 Å². The summed E-state index contributed by atoms with van der Waals surface area (Å²) >= 11 is 1.21. The first-order chi connectivity index (χ1) is 9.69. The van der Waals surface area contributed by atoms with Crippen molar-refractivity contribution in [1.29, 1.82) is 5.26 Å². The number of nitriles is 1. The average molecular weight is 290 g/mol. The number of carbonyl (C=O) groups excluding carboxylic acids is 2. The van der Waals surface area contributed by atoms with Gasteiger partial charge in [-0.2, -0.15) is 5.26 Å². The monoisotopic (exact) mass is 290 g/mol. The normalized spacial score (nSPS) is 21.9. The molecule has 1 amide bonds. The molecular weight excluding hydrogens is 276 g/mol. The summed E-state index contributed by atoms with van der Waals surface area (Å²) in [4.78, 5) is 25.9. The molecule has 5 nitrogen and oxygen atoms in total. The molecule has 1 aliphatic carbocycles. The Morgan fingerprint density at radius 3 is 3.05 bits per heavy atom. The van der Waals surface area contributed by atoms with Gasteiger partial charge in [0.05, 0.1) is 12.2 Å². The van der Waals surface area contributed by atoms with Crippen LogP contribution in [0.15, 0.2) is 11.4 Å². The van der Waals surface area contributed by atoms with Crippen LogP contribution in [0.25, 0.3) is 0 Å². The Balaban J connectivity index is 1.54. The lowest BCUT2D eigenvalue weighted by molar-refractivity contribution is -0.128. The summed E-state index contributed by atoms with van der Waals surface area (Å²) in [6.45, 7) is 0.933. The molecule has 104 valence electrons. The maximum absolute atomic E-state index is 11.9. The van der Waals surface area contributed by atoms with Crippen molar-refractivity contribution in [3.05, 3.63) is 21.9 Å². The first-order valence-corrected chi connectivity index (χ1v) is 7.51. The molecule has 20 heavy (non-hydrogen) atoms. The molecule has 2 heterocycles. The topological polar surface area (TPSA) is 70.4 Å². The first-order valence-electron chi connectivity index (χ1n) is 6.63. The van der Waals surface area contributed by atoms with Gasteiger partial charge in [0.15, 0.2) is 0 Å². The molecule has 1 aliphatic heterocycles. The van der Waals surface area contributed by atoms with Gasteiger partial charge in [-0.25, -0.2) is 4.79 Å². The van der Waals surface area contributed by atoms with E-state index >= 15 is 0 Å². The number of hydrogen-bond acceptors (Lipinski definition) is 5. The Labute approximate surface area is 120 Å². The average Bonchev–Trinajstić information content (AvgIpc) is 3.05. The molecular formula is C14H14N2O3S. The highest BCUT2D eigenvalue weighted by molar-refractivity contribution is 7.12. The third-order valence-electron chi connectivity index (χ3n) is 3.65. The SMILES string of the molecule is N#Cc1ccsc1C(=O)OCC1CC(=O)N(C2CC2)C1. The van der Waals surface area contributed by atoms with Gasteiger partial charge in [-0.1, -0.05) is 0 Å². The van der Waals surface area contributed by atoms with E-state index in [2.05, 4.69) is 0 Å². The maximum atomic E-state index is 11.9. The van der Waals surface area contributed by atoms with Gasteiger partial charge in [-0.3, -0.25) is 4.79 Å². The van der Waals surface area contributed by atoms with Crippen molar-refractivity contribution in [2.24, 2.45) is 5.92 Å². The lowest BCUT2D eigenvalue weighted by Gasteiger charge is -2.15. The molecule has 0 aromatic carbocycles. The van der Waals surface area contributed by atoms with Gasteiger partial charge in [-0.05, 0) is 24.3 Å². The van der Waals surface area contributed by atoms with Crippen LogP contribution in [0.4, 0.5) is 0 Å². The summed E-state index contributed by atoms with van der Waals surface area (Å²) in [7, 11) is 0. The second-order valence-corrected chi connectivity index (χ2v) is 6.14. The van der Waals surface area contributed by atoms with Gasteiger partial charge in [0, 0.05) is 24.9 Å². The van der Waals surface area contributed by atoms with E-state index in [4.69, 9.17) is 10.00 Å². The molecule has 1 atom stereocenters. The highest BCUT2D eigenvalue weighted by Crippen LogP contribution is 2.32. The molecule has 6 heteroatoms. The Hall–Kier alpha value is -1.87.